The zero-order valence-electron chi connectivity index (χ0n) is 11.4. The number of hydrogen-bond donors (Lipinski definition) is 2. The van der Waals surface area contributed by atoms with Crippen LogP contribution in [0.5, 0.6) is 0 Å². The van der Waals surface area contributed by atoms with E-state index >= 15 is 0 Å². The molecule has 0 bridgehead atoms. The standard InChI is InChI=1S/C13H23N3S2/c1-4-14-13(16-10-11(2)17-3)15-8-7-12-6-5-9-18-12/h5-6,9,11H,4,7-8,10H2,1-3H3,(H2,14,15,16). The van der Waals surface area contributed by atoms with Crippen LogP contribution in [-0.4, -0.2) is 37.1 Å². The SMILES string of the molecule is CCNC(=NCC(C)SC)NCCc1cccs1. The average Bonchev–Trinajstić information content (AvgIpc) is 2.88. The van der Waals surface area contributed by atoms with E-state index in [1.54, 1.807) is 11.3 Å². The molecule has 2 N–H and O–H groups in total. The maximum Gasteiger partial charge on any atom is 0.191 e. The summed E-state index contributed by atoms with van der Waals surface area (Å²) in [4.78, 5) is 5.99. The van der Waals surface area contributed by atoms with Gasteiger partial charge in [0.15, 0.2) is 5.96 Å². The lowest BCUT2D eigenvalue weighted by molar-refractivity contribution is 0.800. The number of aliphatic imine (C=N–C) groups is 1. The molecule has 0 saturated carbocycles. The fourth-order valence-electron chi connectivity index (χ4n) is 1.40. The van der Waals surface area contributed by atoms with Crippen LogP contribution < -0.4 is 10.6 Å². The lowest BCUT2D eigenvalue weighted by Crippen LogP contribution is -2.38. The van der Waals surface area contributed by atoms with Crippen LogP contribution in [-0.2, 0) is 6.42 Å². The van der Waals surface area contributed by atoms with Gasteiger partial charge >= 0.3 is 0 Å². The monoisotopic (exact) mass is 285 g/mol. The van der Waals surface area contributed by atoms with Gasteiger partial charge in [-0.3, -0.25) is 4.99 Å². The molecule has 5 heteroatoms. The molecule has 0 aliphatic heterocycles. The molecule has 0 aliphatic rings. The van der Waals surface area contributed by atoms with Gasteiger partial charge in [-0.15, -0.1) is 11.3 Å². The Bertz CT molecular complexity index is 336. The Balaban J connectivity index is 2.32. The van der Waals surface area contributed by atoms with E-state index in [2.05, 4.69) is 53.2 Å². The molecule has 1 aromatic rings. The Hall–Kier alpha value is -0.680. The molecule has 102 valence electrons. The molecule has 1 aromatic heterocycles. The molecule has 1 unspecified atom stereocenters. The van der Waals surface area contributed by atoms with Crippen molar-refractivity contribution in [3.63, 3.8) is 0 Å². The third kappa shape index (κ3) is 6.31. The van der Waals surface area contributed by atoms with Crippen LogP contribution in [0, 0.1) is 0 Å². The quantitative estimate of drug-likeness (QED) is 0.597. The first kappa shape index (κ1) is 15.4. The highest BCUT2D eigenvalue weighted by Gasteiger charge is 2.01. The number of hydrogen-bond acceptors (Lipinski definition) is 3. The number of thiophene rings is 1. The van der Waals surface area contributed by atoms with Gasteiger partial charge in [0.1, 0.15) is 0 Å². The van der Waals surface area contributed by atoms with E-state index in [-0.39, 0.29) is 0 Å². The van der Waals surface area contributed by atoms with Crippen molar-refractivity contribution in [1.29, 1.82) is 0 Å². The van der Waals surface area contributed by atoms with Crippen molar-refractivity contribution >= 4 is 29.1 Å². The Morgan fingerprint density at radius 3 is 2.94 bits per heavy atom. The highest BCUT2D eigenvalue weighted by molar-refractivity contribution is 7.99. The summed E-state index contributed by atoms with van der Waals surface area (Å²) in [6.45, 7) is 6.98. The molecule has 1 rings (SSSR count). The Morgan fingerprint density at radius 1 is 1.50 bits per heavy atom. The van der Waals surface area contributed by atoms with E-state index in [0.29, 0.717) is 5.25 Å². The van der Waals surface area contributed by atoms with Crippen LogP contribution in [0.4, 0.5) is 0 Å². The van der Waals surface area contributed by atoms with Crippen molar-refractivity contribution in [3.8, 4) is 0 Å². The first-order valence-corrected chi connectivity index (χ1v) is 8.50. The number of rotatable bonds is 7. The van der Waals surface area contributed by atoms with Gasteiger partial charge in [-0.25, -0.2) is 0 Å². The van der Waals surface area contributed by atoms with Gasteiger partial charge in [-0.2, -0.15) is 11.8 Å². The highest BCUT2D eigenvalue weighted by atomic mass is 32.2. The summed E-state index contributed by atoms with van der Waals surface area (Å²) in [5.41, 5.74) is 0. The number of guanidine groups is 1. The summed E-state index contributed by atoms with van der Waals surface area (Å²) < 4.78 is 0. The Morgan fingerprint density at radius 2 is 2.33 bits per heavy atom. The topological polar surface area (TPSA) is 36.4 Å². The normalized spacial score (nSPS) is 13.4. The van der Waals surface area contributed by atoms with Crippen LogP contribution in [0.25, 0.3) is 0 Å². The van der Waals surface area contributed by atoms with Gasteiger partial charge in [0, 0.05) is 23.2 Å². The van der Waals surface area contributed by atoms with Crippen molar-refractivity contribution in [1.82, 2.24) is 10.6 Å². The Kier molecular flexibility index (Phi) is 7.93. The minimum Gasteiger partial charge on any atom is -0.357 e. The second-order valence-corrected chi connectivity index (χ2v) is 6.33. The van der Waals surface area contributed by atoms with Crippen LogP contribution >= 0.6 is 23.1 Å². The van der Waals surface area contributed by atoms with Crippen molar-refractivity contribution in [2.24, 2.45) is 4.99 Å². The molecule has 0 fully saturated rings. The fraction of sp³-hybridized carbons (Fsp3) is 0.615. The molecule has 1 heterocycles. The second kappa shape index (κ2) is 9.28. The van der Waals surface area contributed by atoms with E-state index in [9.17, 15) is 0 Å². The zero-order chi connectivity index (χ0) is 13.2. The summed E-state index contributed by atoms with van der Waals surface area (Å²) in [5.74, 6) is 0.926. The smallest absolute Gasteiger partial charge is 0.191 e. The molecule has 18 heavy (non-hydrogen) atoms. The molecular formula is C13H23N3S2. The largest absolute Gasteiger partial charge is 0.357 e. The molecule has 0 aliphatic carbocycles. The maximum absolute atomic E-state index is 4.58. The van der Waals surface area contributed by atoms with Gasteiger partial charge in [0.05, 0.1) is 6.54 Å². The fourth-order valence-corrected chi connectivity index (χ4v) is 2.33. The number of nitrogens with zero attached hydrogens (tertiary/aromatic N) is 1. The molecule has 0 spiro atoms. The van der Waals surface area contributed by atoms with Crippen molar-refractivity contribution < 1.29 is 0 Å². The molecule has 1 atom stereocenters. The van der Waals surface area contributed by atoms with Gasteiger partial charge < -0.3 is 10.6 Å². The lowest BCUT2D eigenvalue weighted by Gasteiger charge is -2.12. The number of thioether (sulfide) groups is 1. The molecule has 0 aromatic carbocycles. The first-order chi connectivity index (χ1) is 8.76. The van der Waals surface area contributed by atoms with Crippen molar-refractivity contribution in [2.75, 3.05) is 25.9 Å². The number of nitrogens with one attached hydrogen (secondary N) is 2. The van der Waals surface area contributed by atoms with Crippen molar-refractivity contribution in [2.45, 2.75) is 25.5 Å². The average molecular weight is 285 g/mol. The molecular weight excluding hydrogens is 262 g/mol. The summed E-state index contributed by atoms with van der Waals surface area (Å²) in [5, 5.41) is 9.34. The van der Waals surface area contributed by atoms with Gasteiger partial charge in [-0.1, -0.05) is 13.0 Å². The van der Waals surface area contributed by atoms with Gasteiger partial charge in [-0.05, 0) is 31.0 Å². The van der Waals surface area contributed by atoms with E-state index in [1.165, 1.54) is 4.88 Å². The minimum absolute atomic E-state index is 0.567. The minimum atomic E-state index is 0.567. The highest BCUT2D eigenvalue weighted by Crippen LogP contribution is 2.08. The molecule has 3 nitrogen and oxygen atoms in total. The van der Waals surface area contributed by atoms with E-state index in [4.69, 9.17) is 0 Å². The zero-order valence-corrected chi connectivity index (χ0v) is 13.0. The molecule has 0 saturated heterocycles. The van der Waals surface area contributed by atoms with Crippen LogP contribution in [0.3, 0.4) is 0 Å². The van der Waals surface area contributed by atoms with Crippen molar-refractivity contribution in [3.05, 3.63) is 22.4 Å². The van der Waals surface area contributed by atoms with E-state index in [0.717, 1.165) is 32.0 Å². The molecule has 0 amide bonds. The summed E-state index contributed by atoms with van der Waals surface area (Å²) in [6, 6.07) is 4.27. The maximum atomic E-state index is 4.58. The van der Waals surface area contributed by atoms with Crippen LogP contribution in [0.1, 0.15) is 18.7 Å². The second-order valence-electron chi connectivity index (χ2n) is 4.02. The first-order valence-electron chi connectivity index (χ1n) is 6.33. The third-order valence-electron chi connectivity index (χ3n) is 2.50. The summed E-state index contributed by atoms with van der Waals surface area (Å²) in [6.07, 6.45) is 3.18. The van der Waals surface area contributed by atoms with Gasteiger partial charge in [0.2, 0.25) is 0 Å². The third-order valence-corrected chi connectivity index (χ3v) is 4.39. The van der Waals surface area contributed by atoms with Gasteiger partial charge in [0.25, 0.3) is 0 Å². The van der Waals surface area contributed by atoms with E-state index in [1.807, 2.05) is 11.8 Å². The summed E-state index contributed by atoms with van der Waals surface area (Å²) in [7, 11) is 0. The van der Waals surface area contributed by atoms with E-state index < -0.39 is 0 Å². The van der Waals surface area contributed by atoms with Crippen LogP contribution in [0.2, 0.25) is 0 Å². The molecule has 0 radical (unpaired) electrons. The summed E-state index contributed by atoms with van der Waals surface area (Å²) >= 11 is 3.65. The Labute approximate surface area is 118 Å². The predicted octanol–water partition coefficient (Wildman–Crippen LogP) is 2.60. The lowest BCUT2D eigenvalue weighted by atomic mass is 10.3. The predicted molar refractivity (Wildman–Crippen MR) is 85.0 cm³/mol. The van der Waals surface area contributed by atoms with Crippen LogP contribution in [0.15, 0.2) is 22.5 Å².